The molecule has 0 spiro atoms. The molecule has 0 unspecified atom stereocenters. The molecule has 280 valence electrons. The third-order valence-corrected chi connectivity index (χ3v) is 9.93. The molecule has 54 heavy (non-hydrogen) atoms. The van der Waals surface area contributed by atoms with Crippen molar-refractivity contribution in [3.8, 4) is 11.1 Å². The highest BCUT2D eigenvalue weighted by atomic mass is 19.2. The van der Waals surface area contributed by atoms with Crippen molar-refractivity contribution in [3.63, 3.8) is 0 Å². The lowest BCUT2D eigenvalue weighted by molar-refractivity contribution is -0.146. The van der Waals surface area contributed by atoms with Gasteiger partial charge in [-0.25, -0.2) is 37.9 Å². The van der Waals surface area contributed by atoms with Gasteiger partial charge in [-0.15, -0.1) is 0 Å². The quantitative estimate of drug-likeness (QED) is 0.118. The molecule has 0 radical (unpaired) electrons. The first-order valence-corrected chi connectivity index (χ1v) is 16.7. The minimum absolute atomic E-state index is 0.00402. The predicted molar refractivity (Wildman–Crippen MR) is 190 cm³/mol. The van der Waals surface area contributed by atoms with Crippen LogP contribution >= 0.6 is 0 Å². The zero-order valence-electron chi connectivity index (χ0n) is 29.1. The summed E-state index contributed by atoms with van der Waals surface area (Å²) in [6.45, 7) is 1.16. The van der Waals surface area contributed by atoms with Gasteiger partial charge in [0.15, 0.2) is 11.6 Å². The summed E-state index contributed by atoms with van der Waals surface area (Å²) >= 11 is 0. The lowest BCUT2D eigenvalue weighted by atomic mass is 9.90. The van der Waals surface area contributed by atoms with Crippen molar-refractivity contribution in [2.24, 2.45) is 13.0 Å². The number of aryl methyl sites for hydroxylation is 1. The number of nitrogens with one attached hydrogen (secondary N) is 1. The maximum Gasteiger partial charge on any atom is 0.416 e. The molecule has 2 atom stereocenters. The maximum absolute atomic E-state index is 16.3. The van der Waals surface area contributed by atoms with Crippen LogP contribution in [0.1, 0.15) is 23.2 Å². The molecular weight excluding hydrogens is 712 g/mol. The van der Waals surface area contributed by atoms with E-state index in [4.69, 9.17) is 14.6 Å². The van der Waals surface area contributed by atoms with Gasteiger partial charge in [-0.05, 0) is 31.9 Å². The van der Waals surface area contributed by atoms with E-state index < -0.39 is 53.4 Å². The van der Waals surface area contributed by atoms with E-state index in [1.807, 2.05) is 7.05 Å². The molecule has 1 amide bonds. The first-order valence-electron chi connectivity index (χ1n) is 16.7. The maximum atomic E-state index is 16.3. The highest BCUT2D eigenvalue weighted by molar-refractivity contribution is 6.19. The van der Waals surface area contributed by atoms with Crippen molar-refractivity contribution in [1.82, 2.24) is 24.4 Å². The van der Waals surface area contributed by atoms with Gasteiger partial charge in [-0.3, -0.25) is 9.69 Å². The number of piperidine rings is 1. The third-order valence-electron chi connectivity index (χ3n) is 9.93. The Morgan fingerprint density at radius 2 is 1.83 bits per heavy atom. The van der Waals surface area contributed by atoms with Crippen LogP contribution in [0.3, 0.4) is 0 Å². The number of rotatable bonds is 8. The number of ether oxygens (including phenoxy) is 2. The van der Waals surface area contributed by atoms with E-state index in [1.165, 1.54) is 36.3 Å². The monoisotopic (exact) mass is 745 g/mol. The van der Waals surface area contributed by atoms with E-state index >= 15 is 8.78 Å². The number of carbonyl (C=O) groups is 4. The fourth-order valence-corrected chi connectivity index (χ4v) is 7.55. The fraction of sp³-hybridized carbons (Fsp3) is 0.306. The van der Waals surface area contributed by atoms with E-state index in [0.29, 0.717) is 42.1 Å². The molecule has 4 aromatic heterocycles. The van der Waals surface area contributed by atoms with Crippen molar-refractivity contribution in [3.05, 3.63) is 70.3 Å². The molecular formula is C36H33F2N7O9. The van der Waals surface area contributed by atoms with E-state index in [9.17, 15) is 29.1 Å². The normalized spacial score (nSPS) is 17.4. The number of nitrogens with zero attached hydrogens (tertiary/aromatic N) is 6. The average Bonchev–Trinajstić information content (AvgIpc) is 3.73. The lowest BCUT2D eigenvalue weighted by Gasteiger charge is -2.40. The molecule has 7 rings (SSSR count). The van der Waals surface area contributed by atoms with Gasteiger partial charge in [-0.2, -0.15) is 0 Å². The van der Waals surface area contributed by atoms with Gasteiger partial charge in [0.2, 0.25) is 12.2 Å². The minimum atomic E-state index is -1.40. The van der Waals surface area contributed by atoms with Crippen LogP contribution < -0.4 is 15.2 Å². The Labute approximate surface area is 303 Å². The van der Waals surface area contributed by atoms with Gasteiger partial charge in [-0.1, -0.05) is 0 Å². The topological polar surface area (TPSA) is 200 Å². The summed E-state index contributed by atoms with van der Waals surface area (Å²) in [7, 11) is 4.82. The Morgan fingerprint density at radius 3 is 2.57 bits per heavy atom. The number of pyridine rings is 3. The highest BCUT2D eigenvalue weighted by Gasteiger charge is 2.40. The number of likely N-dealkylation sites (N-methyl/N-ethyl adjacent to an activating group) is 1. The molecule has 16 nitrogen and oxygen atoms in total. The molecule has 18 heteroatoms. The summed E-state index contributed by atoms with van der Waals surface area (Å²) in [6, 6.07) is 2.30. The second-order valence-electron chi connectivity index (χ2n) is 13.3. The molecule has 2 saturated heterocycles. The van der Waals surface area contributed by atoms with Gasteiger partial charge in [0.25, 0.3) is 0 Å². The molecule has 2 aliphatic heterocycles. The van der Waals surface area contributed by atoms with Crippen LogP contribution in [0.25, 0.3) is 44.1 Å². The first kappa shape index (κ1) is 36.0. The summed E-state index contributed by atoms with van der Waals surface area (Å²) in [6.07, 6.45) is 6.05. The Balaban J connectivity index is 1.41. The highest BCUT2D eigenvalue weighted by Crippen LogP contribution is 2.46. The van der Waals surface area contributed by atoms with E-state index in [0.717, 1.165) is 30.4 Å². The van der Waals surface area contributed by atoms with Crippen LogP contribution in [0.15, 0.2) is 47.7 Å². The van der Waals surface area contributed by atoms with Crippen LogP contribution in [-0.2, 0) is 26.1 Å². The molecule has 3 N–H and O–H groups in total. The second-order valence-corrected chi connectivity index (χ2v) is 13.3. The van der Waals surface area contributed by atoms with Crippen molar-refractivity contribution in [1.29, 1.82) is 0 Å². The standard InChI is InChI=1S/C36H33F2N7O9/c1-42-13-17-5-4-8-45(24(17)15-42)31-20(18-9-19-32(49)21(35(50)51)14-43(2)34(19)40-11-18)12-39-33-28(31)27-29(38)22(37)10-23(30(27)41-33)44(3)36(52)54-16-53-26(48)7-6-25(46)47/h6-7,9-12,14,17,24H,4-5,8,13,15-16H2,1-3H3,(H,39,41)(H,46,47)(H,50,51)/b7-6+/t17-,24+/m1/s1. The Bertz CT molecular complexity index is 2500. The fourth-order valence-electron chi connectivity index (χ4n) is 7.55. The minimum Gasteiger partial charge on any atom is -0.478 e. The Kier molecular flexibility index (Phi) is 9.22. The smallest absolute Gasteiger partial charge is 0.416 e. The van der Waals surface area contributed by atoms with Crippen molar-refractivity contribution >= 4 is 68.3 Å². The number of aromatic carboxylic acids is 1. The lowest BCUT2D eigenvalue weighted by Crippen LogP contribution is -2.45. The van der Waals surface area contributed by atoms with E-state index in [-0.39, 0.29) is 50.6 Å². The van der Waals surface area contributed by atoms with Gasteiger partial charge in [0.05, 0.1) is 33.1 Å². The number of fused-ring (bicyclic) bond motifs is 5. The van der Waals surface area contributed by atoms with Crippen LogP contribution in [0.5, 0.6) is 0 Å². The number of anilines is 2. The van der Waals surface area contributed by atoms with Gasteiger partial charge in [0, 0.05) is 87.7 Å². The molecule has 0 bridgehead atoms. The molecule has 6 heterocycles. The second kappa shape index (κ2) is 13.8. The molecule has 2 fully saturated rings. The zero-order valence-corrected chi connectivity index (χ0v) is 29.1. The molecule has 0 aliphatic carbocycles. The number of carboxylic acids is 2. The number of hydrogen-bond acceptors (Lipinski definition) is 11. The number of H-pyrrole nitrogens is 1. The largest absolute Gasteiger partial charge is 0.478 e. The van der Waals surface area contributed by atoms with Crippen LogP contribution in [0, 0.1) is 17.6 Å². The number of carbonyl (C=O) groups excluding carboxylic acids is 2. The summed E-state index contributed by atoms with van der Waals surface area (Å²) in [5.74, 6) is -6.11. The third kappa shape index (κ3) is 6.23. The molecule has 2 aliphatic rings. The number of benzene rings is 1. The molecule has 0 saturated carbocycles. The summed E-state index contributed by atoms with van der Waals surface area (Å²) in [5, 5.41) is 18.4. The summed E-state index contributed by atoms with van der Waals surface area (Å²) in [4.78, 5) is 78.1. The van der Waals surface area contributed by atoms with Crippen molar-refractivity contribution < 1.29 is 47.6 Å². The number of hydrogen-bond donors (Lipinski definition) is 3. The number of halogens is 2. The van der Waals surface area contributed by atoms with Gasteiger partial charge in [0.1, 0.15) is 16.9 Å². The molecule has 1 aromatic carbocycles. The number of aromatic amines is 1. The SMILES string of the molecule is CN1C[C@H]2CCCN(c3c(-c4cnc5c(c4)c(=O)c(C(=O)O)cn5C)cnc4[nH]c5c(N(C)C(=O)OCOC(=O)/C=C/C(=O)O)cc(F)c(F)c5c34)[C@H]2C1. The number of aromatic nitrogens is 4. The summed E-state index contributed by atoms with van der Waals surface area (Å²) < 4.78 is 43.0. The number of likely N-dealkylation sites (tertiary alicyclic amines) is 1. The van der Waals surface area contributed by atoms with Gasteiger partial charge >= 0.3 is 24.0 Å². The van der Waals surface area contributed by atoms with Crippen molar-refractivity contribution in [2.75, 3.05) is 50.3 Å². The molecule has 5 aromatic rings. The number of amides is 1. The van der Waals surface area contributed by atoms with E-state index in [1.54, 1.807) is 7.05 Å². The van der Waals surface area contributed by atoms with Gasteiger partial charge < -0.3 is 39.0 Å². The van der Waals surface area contributed by atoms with Crippen LogP contribution in [0.2, 0.25) is 0 Å². The zero-order chi connectivity index (χ0) is 38.6. The number of aliphatic carboxylic acids is 1. The number of carboxylic acid groups (broad SMARTS) is 2. The number of esters is 1. The first-order chi connectivity index (χ1) is 25.7. The predicted octanol–water partition coefficient (Wildman–Crippen LogP) is 3.85. The van der Waals surface area contributed by atoms with Crippen LogP contribution in [0.4, 0.5) is 25.0 Å². The van der Waals surface area contributed by atoms with Crippen molar-refractivity contribution in [2.45, 2.75) is 18.9 Å². The Hall–Kier alpha value is -6.43. The average molecular weight is 746 g/mol. The summed E-state index contributed by atoms with van der Waals surface area (Å²) in [5.41, 5.74) is 0.422. The Morgan fingerprint density at radius 1 is 1.06 bits per heavy atom. The van der Waals surface area contributed by atoms with E-state index in [2.05, 4.69) is 24.8 Å². The van der Waals surface area contributed by atoms with Crippen LogP contribution in [-0.4, -0.2) is 105 Å².